The van der Waals surface area contributed by atoms with Crippen molar-refractivity contribution in [3.63, 3.8) is 0 Å². The van der Waals surface area contributed by atoms with Gasteiger partial charge >= 0.3 is 0 Å². The number of benzene rings is 1. The van der Waals surface area contributed by atoms with Crippen LogP contribution in [0.25, 0.3) is 0 Å². The van der Waals surface area contributed by atoms with Crippen molar-refractivity contribution in [1.29, 1.82) is 0 Å². The third kappa shape index (κ3) is 2.67. The van der Waals surface area contributed by atoms with Crippen LogP contribution < -0.4 is 4.74 Å². The molecule has 14 heavy (non-hydrogen) atoms. The Hall–Kier alpha value is -1.68. The van der Waals surface area contributed by atoms with Gasteiger partial charge in [-0.15, -0.1) is 13.0 Å². The SMILES string of the molecule is C#CCOc1ccc(C)cc1CC=C. The molecule has 0 aliphatic carbocycles. The fraction of sp³-hybridized carbons (Fsp3) is 0.231. The number of ether oxygens (including phenoxy) is 1. The van der Waals surface area contributed by atoms with E-state index >= 15 is 0 Å². The molecule has 0 saturated carbocycles. The van der Waals surface area contributed by atoms with Crippen LogP contribution in [0.2, 0.25) is 0 Å². The molecule has 1 aromatic rings. The highest BCUT2D eigenvalue weighted by molar-refractivity contribution is 5.38. The lowest BCUT2D eigenvalue weighted by Gasteiger charge is -2.08. The summed E-state index contributed by atoms with van der Waals surface area (Å²) < 4.78 is 5.41. The first-order valence-electron chi connectivity index (χ1n) is 4.54. The van der Waals surface area contributed by atoms with E-state index in [-0.39, 0.29) is 0 Å². The van der Waals surface area contributed by atoms with Crippen molar-refractivity contribution >= 4 is 0 Å². The van der Waals surface area contributed by atoms with Gasteiger partial charge in [-0.05, 0) is 25.0 Å². The summed E-state index contributed by atoms with van der Waals surface area (Å²) in [4.78, 5) is 0. The average Bonchev–Trinajstić information content (AvgIpc) is 2.17. The zero-order valence-electron chi connectivity index (χ0n) is 8.42. The van der Waals surface area contributed by atoms with E-state index in [1.807, 2.05) is 18.2 Å². The van der Waals surface area contributed by atoms with Gasteiger partial charge in [0.25, 0.3) is 0 Å². The van der Waals surface area contributed by atoms with Crippen molar-refractivity contribution in [2.24, 2.45) is 0 Å². The Labute approximate surface area is 85.4 Å². The first-order chi connectivity index (χ1) is 6.77. The molecule has 72 valence electrons. The van der Waals surface area contributed by atoms with Crippen molar-refractivity contribution in [1.82, 2.24) is 0 Å². The molecule has 0 aliphatic rings. The third-order valence-corrected chi connectivity index (χ3v) is 1.89. The lowest BCUT2D eigenvalue weighted by Crippen LogP contribution is -1.97. The monoisotopic (exact) mass is 186 g/mol. The molecule has 0 bridgehead atoms. The summed E-state index contributed by atoms with van der Waals surface area (Å²) in [6.07, 6.45) is 7.80. The first kappa shape index (κ1) is 10.4. The standard InChI is InChI=1S/C13H14O/c1-4-6-12-10-11(3)7-8-13(12)14-9-5-2/h2,4,7-8,10H,1,6,9H2,3H3. The van der Waals surface area contributed by atoms with Gasteiger partial charge in [0.05, 0.1) is 0 Å². The molecule has 0 unspecified atom stereocenters. The van der Waals surface area contributed by atoms with Gasteiger partial charge in [0.1, 0.15) is 12.4 Å². The topological polar surface area (TPSA) is 9.23 Å². The van der Waals surface area contributed by atoms with Crippen LogP contribution in [0.4, 0.5) is 0 Å². The molecule has 1 rings (SSSR count). The van der Waals surface area contributed by atoms with Crippen molar-refractivity contribution in [3.05, 3.63) is 42.0 Å². The normalized spacial score (nSPS) is 9.14. The zero-order chi connectivity index (χ0) is 10.4. The largest absolute Gasteiger partial charge is 0.481 e. The Morgan fingerprint density at radius 2 is 2.36 bits per heavy atom. The molecule has 0 radical (unpaired) electrons. The maximum Gasteiger partial charge on any atom is 0.148 e. The Kier molecular flexibility index (Phi) is 3.82. The molecule has 1 nitrogen and oxygen atoms in total. The smallest absolute Gasteiger partial charge is 0.148 e. The maximum atomic E-state index is 5.41. The molecule has 0 heterocycles. The van der Waals surface area contributed by atoms with Crippen LogP contribution in [-0.2, 0) is 6.42 Å². The van der Waals surface area contributed by atoms with Crippen LogP contribution >= 0.6 is 0 Å². The van der Waals surface area contributed by atoms with Crippen molar-refractivity contribution in [3.8, 4) is 18.1 Å². The molecule has 0 aromatic heterocycles. The van der Waals surface area contributed by atoms with E-state index in [2.05, 4.69) is 25.5 Å². The lowest BCUT2D eigenvalue weighted by atomic mass is 10.1. The van der Waals surface area contributed by atoms with Crippen molar-refractivity contribution in [2.45, 2.75) is 13.3 Å². The summed E-state index contributed by atoms with van der Waals surface area (Å²) in [5, 5.41) is 0. The average molecular weight is 186 g/mol. The predicted octanol–water partition coefficient (Wildman–Crippen LogP) is 2.74. The van der Waals surface area contributed by atoms with E-state index in [0.717, 1.165) is 17.7 Å². The van der Waals surface area contributed by atoms with E-state index in [1.54, 1.807) is 0 Å². The highest BCUT2D eigenvalue weighted by Crippen LogP contribution is 2.20. The molecule has 1 heteroatoms. The Morgan fingerprint density at radius 1 is 1.57 bits per heavy atom. The number of rotatable bonds is 4. The van der Waals surface area contributed by atoms with Crippen molar-refractivity contribution in [2.75, 3.05) is 6.61 Å². The van der Waals surface area contributed by atoms with E-state index in [0.29, 0.717) is 6.61 Å². The second-order valence-electron chi connectivity index (χ2n) is 3.10. The summed E-state index contributed by atoms with van der Waals surface area (Å²) in [5.74, 6) is 3.31. The van der Waals surface area contributed by atoms with Gasteiger partial charge in [-0.1, -0.05) is 29.7 Å². The van der Waals surface area contributed by atoms with Gasteiger partial charge in [0, 0.05) is 0 Å². The van der Waals surface area contributed by atoms with Gasteiger partial charge in [0.2, 0.25) is 0 Å². The van der Waals surface area contributed by atoms with Crippen LogP contribution in [0.3, 0.4) is 0 Å². The fourth-order valence-corrected chi connectivity index (χ4v) is 1.28. The lowest BCUT2D eigenvalue weighted by molar-refractivity contribution is 0.367. The molecule has 0 spiro atoms. The first-order valence-corrected chi connectivity index (χ1v) is 4.54. The Bertz CT molecular complexity index is 358. The number of terminal acetylenes is 1. The highest BCUT2D eigenvalue weighted by atomic mass is 16.5. The van der Waals surface area contributed by atoms with Gasteiger partial charge in [0.15, 0.2) is 0 Å². The van der Waals surface area contributed by atoms with Gasteiger partial charge in [-0.3, -0.25) is 0 Å². The summed E-state index contributed by atoms with van der Waals surface area (Å²) in [5.41, 5.74) is 2.35. The molecule has 0 atom stereocenters. The summed E-state index contributed by atoms with van der Waals surface area (Å²) >= 11 is 0. The summed E-state index contributed by atoms with van der Waals surface area (Å²) in [6.45, 7) is 6.08. The van der Waals surface area contributed by atoms with Crippen molar-refractivity contribution < 1.29 is 4.74 Å². The predicted molar refractivity (Wildman–Crippen MR) is 59.4 cm³/mol. The van der Waals surface area contributed by atoms with E-state index < -0.39 is 0 Å². The zero-order valence-corrected chi connectivity index (χ0v) is 8.42. The fourth-order valence-electron chi connectivity index (χ4n) is 1.28. The van der Waals surface area contributed by atoms with Crippen LogP contribution in [0.1, 0.15) is 11.1 Å². The van der Waals surface area contributed by atoms with E-state index in [4.69, 9.17) is 11.2 Å². The molecule has 0 saturated heterocycles. The van der Waals surface area contributed by atoms with Crippen LogP contribution in [0.15, 0.2) is 30.9 Å². The Morgan fingerprint density at radius 3 is 3.00 bits per heavy atom. The van der Waals surface area contributed by atoms with Crippen LogP contribution in [0, 0.1) is 19.3 Å². The summed E-state index contributed by atoms with van der Waals surface area (Å²) in [6, 6.07) is 6.05. The second-order valence-corrected chi connectivity index (χ2v) is 3.10. The van der Waals surface area contributed by atoms with Crippen LogP contribution in [0.5, 0.6) is 5.75 Å². The maximum absolute atomic E-state index is 5.41. The molecule has 0 fully saturated rings. The molecular weight excluding hydrogens is 172 g/mol. The van der Waals surface area contributed by atoms with E-state index in [9.17, 15) is 0 Å². The number of hydrogen-bond acceptors (Lipinski definition) is 1. The highest BCUT2D eigenvalue weighted by Gasteiger charge is 2.01. The minimum atomic E-state index is 0.313. The quantitative estimate of drug-likeness (QED) is 0.519. The van der Waals surface area contributed by atoms with Gasteiger partial charge in [-0.25, -0.2) is 0 Å². The molecule has 0 aliphatic heterocycles. The molecule has 0 N–H and O–H groups in total. The Balaban J connectivity index is 2.90. The molecular formula is C13H14O. The number of hydrogen-bond donors (Lipinski definition) is 0. The minimum absolute atomic E-state index is 0.313. The third-order valence-electron chi connectivity index (χ3n) is 1.89. The van der Waals surface area contributed by atoms with Gasteiger partial charge < -0.3 is 4.74 Å². The second kappa shape index (κ2) is 5.14. The number of allylic oxidation sites excluding steroid dienone is 1. The molecule has 0 amide bonds. The molecule has 1 aromatic carbocycles. The van der Waals surface area contributed by atoms with E-state index in [1.165, 1.54) is 5.56 Å². The van der Waals surface area contributed by atoms with Gasteiger partial charge in [-0.2, -0.15) is 0 Å². The minimum Gasteiger partial charge on any atom is -0.481 e. The summed E-state index contributed by atoms with van der Waals surface area (Å²) in [7, 11) is 0. The number of aryl methyl sites for hydroxylation is 1. The van der Waals surface area contributed by atoms with Crippen LogP contribution in [-0.4, -0.2) is 6.61 Å².